The first kappa shape index (κ1) is 15.1. The van der Waals surface area contributed by atoms with Gasteiger partial charge in [-0.25, -0.2) is 0 Å². The standard InChI is InChI=1S/C14H20N2O3/c1-19-14(18)4-2-3-9-16-13(17)6-5-12-7-10-15-11-8-12/h7-8,10-11H,2-6,9H2,1H3,(H,16,17). The van der Waals surface area contributed by atoms with E-state index >= 15 is 0 Å². The number of nitrogens with zero attached hydrogens (tertiary/aromatic N) is 1. The third-order valence-corrected chi connectivity index (χ3v) is 2.75. The van der Waals surface area contributed by atoms with Crippen LogP contribution in [0.3, 0.4) is 0 Å². The molecule has 1 aromatic heterocycles. The van der Waals surface area contributed by atoms with E-state index < -0.39 is 0 Å². The molecule has 0 aliphatic carbocycles. The maximum atomic E-state index is 11.6. The first-order chi connectivity index (χ1) is 9.22. The average molecular weight is 264 g/mol. The quantitative estimate of drug-likeness (QED) is 0.570. The third-order valence-electron chi connectivity index (χ3n) is 2.75. The molecule has 19 heavy (non-hydrogen) atoms. The Labute approximate surface area is 113 Å². The Hall–Kier alpha value is -1.91. The van der Waals surface area contributed by atoms with Gasteiger partial charge in [0.1, 0.15) is 0 Å². The molecular formula is C14H20N2O3. The molecule has 0 aromatic carbocycles. The van der Waals surface area contributed by atoms with Crippen LogP contribution >= 0.6 is 0 Å². The molecule has 1 aromatic rings. The number of amides is 1. The Bertz CT molecular complexity index is 393. The van der Waals surface area contributed by atoms with Gasteiger partial charge in [0, 0.05) is 31.8 Å². The summed E-state index contributed by atoms with van der Waals surface area (Å²) in [6.07, 6.45) is 6.56. The molecule has 0 unspecified atom stereocenters. The molecule has 1 N–H and O–H groups in total. The summed E-state index contributed by atoms with van der Waals surface area (Å²) in [5.41, 5.74) is 1.11. The van der Waals surface area contributed by atoms with Crippen molar-refractivity contribution in [3.8, 4) is 0 Å². The Morgan fingerprint density at radius 1 is 1.21 bits per heavy atom. The van der Waals surface area contributed by atoms with Crippen molar-refractivity contribution in [2.45, 2.75) is 32.1 Å². The number of methoxy groups -OCH3 is 1. The minimum absolute atomic E-state index is 0.0369. The number of hydrogen-bond donors (Lipinski definition) is 1. The van der Waals surface area contributed by atoms with Crippen molar-refractivity contribution < 1.29 is 14.3 Å². The van der Waals surface area contributed by atoms with E-state index in [1.807, 2.05) is 12.1 Å². The molecular weight excluding hydrogens is 244 g/mol. The van der Waals surface area contributed by atoms with E-state index in [1.165, 1.54) is 7.11 Å². The zero-order valence-electron chi connectivity index (χ0n) is 11.2. The van der Waals surface area contributed by atoms with Crippen molar-refractivity contribution in [2.75, 3.05) is 13.7 Å². The van der Waals surface area contributed by atoms with Crippen LogP contribution in [0.4, 0.5) is 0 Å². The number of rotatable bonds is 8. The lowest BCUT2D eigenvalue weighted by atomic mass is 10.1. The van der Waals surface area contributed by atoms with Gasteiger partial charge >= 0.3 is 5.97 Å². The Morgan fingerprint density at radius 2 is 1.95 bits per heavy atom. The van der Waals surface area contributed by atoms with Crippen LogP contribution in [0.1, 0.15) is 31.2 Å². The highest BCUT2D eigenvalue weighted by molar-refractivity contribution is 5.76. The van der Waals surface area contributed by atoms with Gasteiger partial charge in [-0.2, -0.15) is 0 Å². The fraction of sp³-hybridized carbons (Fsp3) is 0.500. The molecule has 1 rings (SSSR count). The van der Waals surface area contributed by atoms with Crippen molar-refractivity contribution >= 4 is 11.9 Å². The largest absolute Gasteiger partial charge is 0.469 e. The van der Waals surface area contributed by atoms with Crippen molar-refractivity contribution in [1.29, 1.82) is 0 Å². The highest BCUT2D eigenvalue weighted by atomic mass is 16.5. The number of carbonyl (C=O) groups is 2. The van der Waals surface area contributed by atoms with E-state index in [0.717, 1.165) is 24.8 Å². The normalized spacial score (nSPS) is 9.95. The Kier molecular flexibility index (Phi) is 7.24. The molecule has 0 fully saturated rings. The van der Waals surface area contributed by atoms with Gasteiger partial charge in [-0.3, -0.25) is 14.6 Å². The second-order valence-corrected chi connectivity index (χ2v) is 4.24. The number of hydrogen-bond acceptors (Lipinski definition) is 4. The summed E-state index contributed by atoms with van der Waals surface area (Å²) >= 11 is 0. The van der Waals surface area contributed by atoms with Crippen LogP contribution in [-0.2, 0) is 20.7 Å². The Balaban J connectivity index is 2.04. The number of carbonyl (C=O) groups excluding carboxylic acids is 2. The zero-order chi connectivity index (χ0) is 13.9. The Morgan fingerprint density at radius 3 is 2.63 bits per heavy atom. The maximum absolute atomic E-state index is 11.6. The minimum Gasteiger partial charge on any atom is -0.469 e. The molecule has 1 heterocycles. The van der Waals surface area contributed by atoms with E-state index in [2.05, 4.69) is 15.0 Å². The van der Waals surface area contributed by atoms with Crippen LogP contribution in [0.15, 0.2) is 24.5 Å². The van der Waals surface area contributed by atoms with Crippen LogP contribution in [0.25, 0.3) is 0 Å². The number of pyridine rings is 1. The van der Waals surface area contributed by atoms with Crippen molar-refractivity contribution in [3.05, 3.63) is 30.1 Å². The molecule has 1 amide bonds. The van der Waals surface area contributed by atoms with Gasteiger partial charge in [0.2, 0.25) is 5.91 Å². The predicted octanol–water partition coefficient (Wildman–Crippen LogP) is 1.47. The summed E-state index contributed by atoms with van der Waals surface area (Å²) in [5.74, 6) is -0.168. The smallest absolute Gasteiger partial charge is 0.305 e. The molecule has 0 saturated carbocycles. The van der Waals surface area contributed by atoms with Crippen molar-refractivity contribution in [2.24, 2.45) is 0 Å². The number of ether oxygens (including phenoxy) is 1. The van der Waals surface area contributed by atoms with Gasteiger partial charge in [0.25, 0.3) is 0 Å². The molecule has 0 radical (unpaired) electrons. The van der Waals surface area contributed by atoms with Crippen molar-refractivity contribution in [3.63, 3.8) is 0 Å². The second-order valence-electron chi connectivity index (χ2n) is 4.24. The summed E-state index contributed by atoms with van der Waals surface area (Å²) in [5, 5.41) is 2.84. The molecule has 5 nitrogen and oxygen atoms in total. The maximum Gasteiger partial charge on any atom is 0.305 e. The zero-order valence-corrected chi connectivity index (χ0v) is 11.2. The van der Waals surface area contributed by atoms with E-state index in [-0.39, 0.29) is 11.9 Å². The van der Waals surface area contributed by atoms with Crippen LogP contribution < -0.4 is 5.32 Å². The van der Waals surface area contributed by atoms with E-state index in [4.69, 9.17) is 0 Å². The monoisotopic (exact) mass is 264 g/mol. The highest BCUT2D eigenvalue weighted by Gasteiger charge is 2.03. The first-order valence-electron chi connectivity index (χ1n) is 6.45. The van der Waals surface area contributed by atoms with E-state index in [1.54, 1.807) is 12.4 Å². The predicted molar refractivity (Wildman–Crippen MR) is 71.4 cm³/mol. The molecule has 104 valence electrons. The molecule has 0 bridgehead atoms. The van der Waals surface area contributed by atoms with Gasteiger partial charge in [-0.15, -0.1) is 0 Å². The topological polar surface area (TPSA) is 68.3 Å². The molecule has 0 saturated heterocycles. The summed E-state index contributed by atoms with van der Waals surface area (Å²) in [4.78, 5) is 26.3. The van der Waals surface area contributed by atoms with Crippen LogP contribution in [0.2, 0.25) is 0 Å². The molecule has 0 aliphatic rings. The van der Waals surface area contributed by atoms with Crippen LogP contribution in [0, 0.1) is 0 Å². The first-order valence-corrected chi connectivity index (χ1v) is 6.45. The SMILES string of the molecule is COC(=O)CCCCNC(=O)CCc1ccncc1. The summed E-state index contributed by atoms with van der Waals surface area (Å²) in [6, 6.07) is 3.81. The lowest BCUT2D eigenvalue weighted by Crippen LogP contribution is -2.24. The van der Waals surface area contributed by atoms with E-state index in [9.17, 15) is 9.59 Å². The fourth-order valence-corrected chi connectivity index (χ4v) is 1.62. The molecule has 0 spiro atoms. The number of esters is 1. The fourth-order valence-electron chi connectivity index (χ4n) is 1.62. The lowest BCUT2D eigenvalue weighted by molar-refractivity contribution is -0.140. The number of aromatic nitrogens is 1. The highest BCUT2D eigenvalue weighted by Crippen LogP contribution is 2.01. The average Bonchev–Trinajstić information content (AvgIpc) is 2.45. The summed E-state index contributed by atoms with van der Waals surface area (Å²) in [6.45, 7) is 0.603. The summed E-state index contributed by atoms with van der Waals surface area (Å²) < 4.78 is 4.53. The van der Waals surface area contributed by atoms with Gasteiger partial charge in [0.15, 0.2) is 0 Å². The van der Waals surface area contributed by atoms with Crippen LogP contribution in [-0.4, -0.2) is 30.5 Å². The number of unbranched alkanes of at least 4 members (excludes halogenated alkanes) is 1. The second kappa shape index (κ2) is 9.08. The van der Waals surface area contributed by atoms with Gasteiger partial charge < -0.3 is 10.1 Å². The van der Waals surface area contributed by atoms with Crippen LogP contribution in [0.5, 0.6) is 0 Å². The van der Waals surface area contributed by atoms with E-state index in [0.29, 0.717) is 19.4 Å². The van der Waals surface area contributed by atoms with Gasteiger partial charge in [-0.05, 0) is 37.0 Å². The van der Waals surface area contributed by atoms with Gasteiger partial charge in [0.05, 0.1) is 7.11 Å². The summed E-state index contributed by atoms with van der Waals surface area (Å²) in [7, 11) is 1.38. The van der Waals surface area contributed by atoms with Gasteiger partial charge in [-0.1, -0.05) is 0 Å². The minimum atomic E-state index is -0.205. The van der Waals surface area contributed by atoms with Crippen molar-refractivity contribution in [1.82, 2.24) is 10.3 Å². The molecule has 0 aliphatic heterocycles. The molecule has 5 heteroatoms. The lowest BCUT2D eigenvalue weighted by Gasteiger charge is -2.05. The third kappa shape index (κ3) is 7.18. The number of nitrogens with one attached hydrogen (secondary N) is 1. The molecule has 0 atom stereocenters. The number of aryl methyl sites for hydroxylation is 1.